The first-order valence-electron chi connectivity index (χ1n) is 7.29. The van der Waals surface area contributed by atoms with E-state index < -0.39 is 0 Å². The molecule has 0 aliphatic carbocycles. The van der Waals surface area contributed by atoms with Gasteiger partial charge in [0.2, 0.25) is 0 Å². The Hall–Kier alpha value is -1.81. The van der Waals surface area contributed by atoms with Gasteiger partial charge in [0.15, 0.2) is 0 Å². The van der Waals surface area contributed by atoms with Gasteiger partial charge in [0.05, 0.1) is 6.04 Å². The van der Waals surface area contributed by atoms with E-state index in [1.165, 1.54) is 5.56 Å². The normalized spacial score (nSPS) is 11.8. The molecule has 0 spiro atoms. The standard InChI is InChI=1S/C18H21BrN2O/c1-13-8-4-5-9-15(13)12-21(3)18(22)20-14(2)16-10-6-7-11-17(16)19/h4-11,14H,12H2,1-3H3,(H,20,22). The molecule has 0 aromatic heterocycles. The summed E-state index contributed by atoms with van der Waals surface area (Å²) in [7, 11) is 1.81. The van der Waals surface area contributed by atoms with Crippen LogP contribution >= 0.6 is 15.9 Å². The van der Waals surface area contributed by atoms with Crippen LogP contribution in [0.4, 0.5) is 4.79 Å². The Balaban J connectivity index is 2.00. The predicted octanol–water partition coefficient (Wildman–Crippen LogP) is 4.66. The summed E-state index contributed by atoms with van der Waals surface area (Å²) in [5, 5.41) is 3.03. The average molecular weight is 361 g/mol. The van der Waals surface area contributed by atoms with Crippen LogP contribution in [0.25, 0.3) is 0 Å². The van der Waals surface area contributed by atoms with Gasteiger partial charge in [-0.3, -0.25) is 0 Å². The van der Waals surface area contributed by atoms with Crippen LogP contribution in [0.3, 0.4) is 0 Å². The summed E-state index contributed by atoms with van der Waals surface area (Å²) >= 11 is 3.52. The maximum Gasteiger partial charge on any atom is 0.317 e. The summed E-state index contributed by atoms with van der Waals surface area (Å²) in [5.74, 6) is 0. The van der Waals surface area contributed by atoms with Gasteiger partial charge in [0, 0.05) is 18.1 Å². The molecule has 2 aromatic rings. The molecular weight excluding hydrogens is 340 g/mol. The Morgan fingerprint density at radius 1 is 1.18 bits per heavy atom. The molecule has 0 heterocycles. The first kappa shape index (κ1) is 16.6. The van der Waals surface area contributed by atoms with E-state index in [0.717, 1.165) is 15.6 Å². The number of nitrogens with zero attached hydrogens (tertiary/aromatic N) is 1. The molecule has 0 radical (unpaired) electrons. The van der Waals surface area contributed by atoms with E-state index in [1.54, 1.807) is 4.90 Å². The minimum absolute atomic E-state index is 0.0533. The number of hydrogen-bond donors (Lipinski definition) is 1. The van der Waals surface area contributed by atoms with Gasteiger partial charge in [0.25, 0.3) is 0 Å². The fourth-order valence-corrected chi connectivity index (χ4v) is 2.94. The number of nitrogens with one attached hydrogen (secondary N) is 1. The smallest absolute Gasteiger partial charge is 0.317 e. The Morgan fingerprint density at radius 3 is 2.50 bits per heavy atom. The molecule has 4 heteroatoms. The third-order valence-electron chi connectivity index (χ3n) is 3.73. The number of carbonyl (C=O) groups is 1. The van der Waals surface area contributed by atoms with Crippen molar-refractivity contribution in [2.75, 3.05) is 7.05 Å². The maximum atomic E-state index is 12.4. The molecular formula is C18H21BrN2O. The first-order valence-corrected chi connectivity index (χ1v) is 8.09. The van der Waals surface area contributed by atoms with Crippen molar-refractivity contribution in [1.82, 2.24) is 10.2 Å². The fourth-order valence-electron chi connectivity index (χ4n) is 2.31. The van der Waals surface area contributed by atoms with Crippen LogP contribution in [-0.2, 0) is 6.54 Å². The summed E-state index contributed by atoms with van der Waals surface area (Å²) < 4.78 is 1.00. The van der Waals surface area contributed by atoms with Crippen LogP contribution in [0.2, 0.25) is 0 Å². The molecule has 1 atom stereocenters. The Kier molecular flexibility index (Phi) is 5.61. The second-order valence-electron chi connectivity index (χ2n) is 5.48. The van der Waals surface area contributed by atoms with Crippen LogP contribution in [0.1, 0.15) is 29.7 Å². The minimum atomic E-state index is -0.0773. The summed E-state index contributed by atoms with van der Waals surface area (Å²) in [6.07, 6.45) is 0. The van der Waals surface area contributed by atoms with Crippen molar-refractivity contribution < 1.29 is 4.79 Å². The lowest BCUT2D eigenvalue weighted by atomic mass is 10.1. The van der Waals surface area contributed by atoms with Crippen molar-refractivity contribution in [1.29, 1.82) is 0 Å². The Bertz CT molecular complexity index is 657. The number of carbonyl (C=O) groups excluding carboxylic acids is 1. The van der Waals surface area contributed by atoms with Crippen molar-refractivity contribution >= 4 is 22.0 Å². The predicted molar refractivity (Wildman–Crippen MR) is 93.7 cm³/mol. The highest BCUT2D eigenvalue weighted by Gasteiger charge is 2.15. The largest absolute Gasteiger partial charge is 0.331 e. The van der Waals surface area contributed by atoms with Crippen molar-refractivity contribution in [3.05, 3.63) is 69.7 Å². The van der Waals surface area contributed by atoms with Crippen LogP contribution in [-0.4, -0.2) is 18.0 Å². The zero-order valence-corrected chi connectivity index (χ0v) is 14.7. The van der Waals surface area contributed by atoms with E-state index in [-0.39, 0.29) is 12.1 Å². The summed E-state index contributed by atoms with van der Waals surface area (Å²) in [5.41, 5.74) is 3.43. The van der Waals surface area contributed by atoms with Gasteiger partial charge < -0.3 is 10.2 Å². The van der Waals surface area contributed by atoms with Crippen molar-refractivity contribution in [2.45, 2.75) is 26.4 Å². The second-order valence-corrected chi connectivity index (χ2v) is 6.33. The maximum absolute atomic E-state index is 12.4. The minimum Gasteiger partial charge on any atom is -0.331 e. The molecule has 1 N–H and O–H groups in total. The molecule has 2 amide bonds. The van der Waals surface area contributed by atoms with Gasteiger partial charge in [0.1, 0.15) is 0 Å². The first-order chi connectivity index (χ1) is 10.5. The molecule has 0 saturated carbocycles. The van der Waals surface area contributed by atoms with Crippen LogP contribution in [0.5, 0.6) is 0 Å². The highest BCUT2D eigenvalue weighted by Crippen LogP contribution is 2.22. The van der Waals surface area contributed by atoms with E-state index in [1.807, 2.05) is 50.4 Å². The molecule has 22 heavy (non-hydrogen) atoms. The number of hydrogen-bond acceptors (Lipinski definition) is 1. The van der Waals surface area contributed by atoms with Crippen molar-refractivity contribution in [2.24, 2.45) is 0 Å². The van der Waals surface area contributed by atoms with Gasteiger partial charge >= 0.3 is 6.03 Å². The lowest BCUT2D eigenvalue weighted by Gasteiger charge is -2.23. The third kappa shape index (κ3) is 4.10. The zero-order valence-electron chi connectivity index (χ0n) is 13.1. The monoisotopic (exact) mass is 360 g/mol. The second kappa shape index (κ2) is 7.45. The van der Waals surface area contributed by atoms with E-state index >= 15 is 0 Å². The third-order valence-corrected chi connectivity index (χ3v) is 4.45. The number of benzene rings is 2. The van der Waals surface area contributed by atoms with Crippen LogP contribution in [0, 0.1) is 6.92 Å². The highest BCUT2D eigenvalue weighted by molar-refractivity contribution is 9.10. The van der Waals surface area contributed by atoms with Gasteiger partial charge in [-0.15, -0.1) is 0 Å². The average Bonchev–Trinajstić information content (AvgIpc) is 2.49. The summed E-state index contributed by atoms with van der Waals surface area (Å²) in [6, 6.07) is 15.9. The number of aryl methyl sites for hydroxylation is 1. The number of amides is 2. The molecule has 0 saturated heterocycles. The number of urea groups is 1. The van der Waals surface area contributed by atoms with Gasteiger partial charge in [-0.2, -0.15) is 0 Å². The molecule has 2 aromatic carbocycles. The van der Waals surface area contributed by atoms with Crippen molar-refractivity contribution in [3.8, 4) is 0 Å². The summed E-state index contributed by atoms with van der Waals surface area (Å²) in [6.45, 7) is 4.64. The van der Waals surface area contributed by atoms with E-state index in [4.69, 9.17) is 0 Å². The fraction of sp³-hybridized carbons (Fsp3) is 0.278. The van der Waals surface area contributed by atoms with Crippen molar-refractivity contribution in [3.63, 3.8) is 0 Å². The molecule has 1 unspecified atom stereocenters. The molecule has 116 valence electrons. The van der Waals surface area contributed by atoms with Gasteiger partial charge in [-0.25, -0.2) is 4.79 Å². The molecule has 0 fully saturated rings. The molecule has 3 nitrogen and oxygen atoms in total. The lowest BCUT2D eigenvalue weighted by molar-refractivity contribution is 0.203. The van der Waals surface area contributed by atoms with E-state index in [9.17, 15) is 4.79 Å². The van der Waals surface area contributed by atoms with Gasteiger partial charge in [-0.1, -0.05) is 58.4 Å². The highest BCUT2D eigenvalue weighted by atomic mass is 79.9. The number of halogens is 1. The Morgan fingerprint density at radius 2 is 1.82 bits per heavy atom. The summed E-state index contributed by atoms with van der Waals surface area (Å²) in [4.78, 5) is 14.1. The van der Waals surface area contributed by atoms with E-state index in [0.29, 0.717) is 6.54 Å². The quantitative estimate of drug-likeness (QED) is 0.844. The van der Waals surface area contributed by atoms with Crippen LogP contribution < -0.4 is 5.32 Å². The lowest BCUT2D eigenvalue weighted by Crippen LogP contribution is -2.38. The molecule has 0 aliphatic rings. The van der Waals surface area contributed by atoms with Gasteiger partial charge in [-0.05, 0) is 36.6 Å². The molecule has 0 aliphatic heterocycles. The van der Waals surface area contributed by atoms with Crippen LogP contribution in [0.15, 0.2) is 53.0 Å². The SMILES string of the molecule is Cc1ccccc1CN(C)C(=O)NC(C)c1ccccc1Br. The Labute approximate surface area is 140 Å². The molecule has 2 rings (SSSR count). The number of rotatable bonds is 4. The molecule has 0 bridgehead atoms. The topological polar surface area (TPSA) is 32.3 Å². The zero-order chi connectivity index (χ0) is 16.1. The van der Waals surface area contributed by atoms with E-state index in [2.05, 4.69) is 40.3 Å².